The largest absolute Gasteiger partial charge is 0.452 e. The monoisotopic (exact) mass is 430 g/mol. The number of nitrogens with zero attached hydrogens (tertiary/aromatic N) is 2. The van der Waals surface area contributed by atoms with Gasteiger partial charge in [-0.25, -0.2) is 13.6 Å². The van der Waals surface area contributed by atoms with Crippen molar-refractivity contribution in [2.24, 2.45) is 0 Å². The van der Waals surface area contributed by atoms with E-state index >= 15 is 0 Å². The summed E-state index contributed by atoms with van der Waals surface area (Å²) >= 11 is 0. The summed E-state index contributed by atoms with van der Waals surface area (Å²) in [5.41, 5.74) is 0.842. The van der Waals surface area contributed by atoms with E-state index in [-0.39, 0.29) is 11.3 Å². The third-order valence-corrected chi connectivity index (χ3v) is 3.88. The third-order valence-electron chi connectivity index (χ3n) is 3.88. The molecule has 0 fully saturated rings. The van der Waals surface area contributed by atoms with Crippen LogP contribution in [0.25, 0.3) is 11.5 Å². The smallest absolute Gasteiger partial charge is 0.338 e. The van der Waals surface area contributed by atoms with E-state index < -0.39 is 42.6 Å². The number of anilines is 1. The zero-order chi connectivity index (χ0) is 22.4. The van der Waals surface area contributed by atoms with Gasteiger partial charge in [0, 0.05) is 17.3 Å². The molecular weight excluding hydrogens is 414 g/mol. The lowest BCUT2D eigenvalue weighted by molar-refractivity contribution is -0.126. The van der Waals surface area contributed by atoms with Crippen LogP contribution in [-0.2, 0) is 14.3 Å². The van der Waals surface area contributed by atoms with Crippen molar-refractivity contribution in [3.8, 4) is 11.5 Å². The lowest BCUT2D eigenvalue weighted by Gasteiger charge is -2.08. The second kappa shape index (κ2) is 9.57. The minimum absolute atomic E-state index is 0.0312. The number of hydrogen-bond acceptors (Lipinski definition) is 7. The highest BCUT2D eigenvalue weighted by molar-refractivity contribution is 5.95. The van der Waals surface area contributed by atoms with Crippen molar-refractivity contribution in [2.75, 3.05) is 18.5 Å². The summed E-state index contributed by atoms with van der Waals surface area (Å²) in [6.07, 6.45) is 0. The van der Waals surface area contributed by atoms with Gasteiger partial charge in [0.05, 0.1) is 12.1 Å². The number of halogens is 2. The van der Waals surface area contributed by atoms with E-state index in [2.05, 4.69) is 20.8 Å². The second-order valence-corrected chi connectivity index (χ2v) is 6.25. The number of aryl methyl sites for hydroxylation is 1. The number of carbonyl (C=O) groups is 3. The Kier molecular flexibility index (Phi) is 6.65. The number of ether oxygens (including phenoxy) is 1. The summed E-state index contributed by atoms with van der Waals surface area (Å²) in [5, 5.41) is 8.21. The van der Waals surface area contributed by atoms with E-state index in [1.54, 1.807) is 19.1 Å². The molecule has 3 aromatic rings. The summed E-state index contributed by atoms with van der Waals surface area (Å²) in [4.78, 5) is 39.6. The van der Waals surface area contributed by atoms with Crippen LogP contribution in [0.5, 0.6) is 0 Å². The Balaban J connectivity index is 1.43. The minimum Gasteiger partial charge on any atom is -0.452 e. The van der Waals surface area contributed by atoms with Crippen molar-refractivity contribution in [2.45, 2.75) is 6.92 Å². The molecule has 160 valence electrons. The predicted octanol–water partition coefficient (Wildman–Crippen LogP) is 2.23. The first-order valence-corrected chi connectivity index (χ1v) is 8.91. The van der Waals surface area contributed by atoms with Crippen LogP contribution in [0.2, 0.25) is 0 Å². The normalized spacial score (nSPS) is 10.4. The molecule has 0 aliphatic carbocycles. The number of carbonyl (C=O) groups excluding carboxylic acids is 3. The Morgan fingerprint density at radius 3 is 2.42 bits per heavy atom. The molecule has 9 nitrogen and oxygen atoms in total. The van der Waals surface area contributed by atoms with Crippen molar-refractivity contribution in [3.63, 3.8) is 0 Å². The maximum Gasteiger partial charge on any atom is 0.338 e. The van der Waals surface area contributed by atoms with E-state index in [1.807, 2.05) is 0 Å². The SMILES string of the molecule is Cc1noc(-c2ccc(C(=O)OCC(=O)NCC(=O)Nc3ccc(F)c(F)c3)cc2)n1. The zero-order valence-electron chi connectivity index (χ0n) is 16.1. The maximum atomic E-state index is 13.1. The van der Waals surface area contributed by atoms with Crippen LogP contribution in [0.1, 0.15) is 16.2 Å². The highest BCUT2D eigenvalue weighted by atomic mass is 19.2. The molecule has 2 amide bonds. The van der Waals surface area contributed by atoms with Gasteiger partial charge in [0.1, 0.15) is 0 Å². The van der Waals surface area contributed by atoms with Gasteiger partial charge < -0.3 is 19.9 Å². The summed E-state index contributed by atoms with van der Waals surface area (Å²) in [7, 11) is 0. The molecule has 0 spiro atoms. The maximum absolute atomic E-state index is 13.1. The molecule has 0 aliphatic heterocycles. The first kappa shape index (κ1) is 21.6. The molecule has 3 rings (SSSR count). The molecule has 1 heterocycles. The third kappa shape index (κ3) is 5.92. The molecule has 0 saturated heterocycles. The summed E-state index contributed by atoms with van der Waals surface area (Å²) in [6, 6.07) is 8.97. The minimum atomic E-state index is -1.12. The Morgan fingerprint density at radius 1 is 1.03 bits per heavy atom. The van der Waals surface area contributed by atoms with Gasteiger partial charge in [0.25, 0.3) is 11.8 Å². The van der Waals surface area contributed by atoms with Crippen molar-refractivity contribution >= 4 is 23.5 Å². The van der Waals surface area contributed by atoms with Gasteiger partial charge in [0.2, 0.25) is 5.91 Å². The van der Waals surface area contributed by atoms with Crippen molar-refractivity contribution in [3.05, 3.63) is 65.5 Å². The second-order valence-electron chi connectivity index (χ2n) is 6.25. The number of benzene rings is 2. The molecular formula is C20H16F2N4O5. The number of rotatable bonds is 7. The first-order valence-electron chi connectivity index (χ1n) is 8.91. The number of esters is 1. The molecule has 11 heteroatoms. The number of nitrogens with one attached hydrogen (secondary N) is 2. The molecule has 0 atom stereocenters. The van der Waals surface area contributed by atoms with Crippen molar-refractivity contribution in [1.82, 2.24) is 15.5 Å². The van der Waals surface area contributed by atoms with Crippen LogP contribution in [0.3, 0.4) is 0 Å². The van der Waals surface area contributed by atoms with Gasteiger partial charge in [-0.05, 0) is 43.3 Å². The van der Waals surface area contributed by atoms with E-state index in [1.165, 1.54) is 18.2 Å². The number of amides is 2. The lowest BCUT2D eigenvalue weighted by atomic mass is 10.1. The molecule has 0 aliphatic rings. The molecule has 0 unspecified atom stereocenters. The lowest BCUT2D eigenvalue weighted by Crippen LogP contribution is -2.35. The van der Waals surface area contributed by atoms with E-state index in [4.69, 9.17) is 9.26 Å². The molecule has 0 bridgehead atoms. The van der Waals surface area contributed by atoms with E-state index in [9.17, 15) is 23.2 Å². The standard InChI is InChI=1S/C20H16F2N4O5/c1-11-24-19(31-26-11)12-2-4-13(5-3-12)20(29)30-10-18(28)23-9-17(27)25-14-6-7-15(21)16(22)8-14/h2-8H,9-10H2,1H3,(H,23,28)(H,25,27). The Hall–Kier alpha value is -4.15. The fourth-order valence-corrected chi connectivity index (χ4v) is 2.39. The fourth-order valence-electron chi connectivity index (χ4n) is 2.39. The van der Waals surface area contributed by atoms with Gasteiger partial charge in [0.15, 0.2) is 24.1 Å². The van der Waals surface area contributed by atoms with Gasteiger partial charge in [-0.1, -0.05) is 5.16 Å². The van der Waals surface area contributed by atoms with Gasteiger partial charge in [-0.2, -0.15) is 4.98 Å². The van der Waals surface area contributed by atoms with Crippen LogP contribution in [0.4, 0.5) is 14.5 Å². The zero-order valence-corrected chi connectivity index (χ0v) is 16.1. The van der Waals surface area contributed by atoms with Crippen LogP contribution in [-0.4, -0.2) is 41.1 Å². The predicted molar refractivity (Wildman–Crippen MR) is 103 cm³/mol. The highest BCUT2D eigenvalue weighted by Crippen LogP contribution is 2.18. The van der Waals surface area contributed by atoms with Crippen molar-refractivity contribution < 1.29 is 32.4 Å². The van der Waals surface area contributed by atoms with Crippen molar-refractivity contribution in [1.29, 1.82) is 0 Å². The fraction of sp³-hybridized carbons (Fsp3) is 0.150. The van der Waals surface area contributed by atoms with Gasteiger partial charge in [-0.15, -0.1) is 0 Å². The summed E-state index contributed by atoms with van der Waals surface area (Å²) in [5.74, 6) is -3.51. The summed E-state index contributed by atoms with van der Waals surface area (Å²) in [6.45, 7) is 0.617. The topological polar surface area (TPSA) is 123 Å². The van der Waals surface area contributed by atoms with Crippen LogP contribution in [0, 0.1) is 18.6 Å². The average Bonchev–Trinajstić information content (AvgIpc) is 3.19. The number of hydrogen-bond donors (Lipinski definition) is 2. The summed E-state index contributed by atoms with van der Waals surface area (Å²) < 4.78 is 35.9. The molecule has 0 radical (unpaired) electrons. The highest BCUT2D eigenvalue weighted by Gasteiger charge is 2.13. The van der Waals surface area contributed by atoms with Crippen LogP contribution < -0.4 is 10.6 Å². The Labute approximate surface area is 174 Å². The molecule has 31 heavy (non-hydrogen) atoms. The Bertz CT molecular complexity index is 1120. The Morgan fingerprint density at radius 2 is 1.77 bits per heavy atom. The molecule has 2 N–H and O–H groups in total. The first-order chi connectivity index (χ1) is 14.8. The van der Waals surface area contributed by atoms with Crippen LogP contribution in [0.15, 0.2) is 47.0 Å². The molecule has 1 aromatic heterocycles. The van der Waals surface area contributed by atoms with Gasteiger partial charge >= 0.3 is 5.97 Å². The molecule has 2 aromatic carbocycles. The van der Waals surface area contributed by atoms with Crippen LogP contribution >= 0.6 is 0 Å². The average molecular weight is 430 g/mol. The van der Waals surface area contributed by atoms with Gasteiger partial charge in [-0.3, -0.25) is 9.59 Å². The quantitative estimate of drug-likeness (QED) is 0.551. The van der Waals surface area contributed by atoms with E-state index in [0.29, 0.717) is 17.3 Å². The molecule has 0 saturated carbocycles. The number of aromatic nitrogens is 2. The van der Waals surface area contributed by atoms with E-state index in [0.717, 1.165) is 12.1 Å².